The number of nitrogens with zero attached hydrogens (tertiary/aromatic N) is 1. The van der Waals surface area contributed by atoms with Gasteiger partial charge >= 0.3 is 0 Å². The van der Waals surface area contributed by atoms with Crippen LogP contribution in [-0.4, -0.2) is 49.3 Å². The van der Waals surface area contributed by atoms with Crippen LogP contribution in [0.2, 0.25) is 0 Å². The molecule has 5 atom stereocenters. The fraction of sp³-hybridized carbons (Fsp3) is 1.00. The van der Waals surface area contributed by atoms with E-state index in [0.29, 0.717) is 18.2 Å². The molecule has 1 N–H and O–H groups in total. The van der Waals surface area contributed by atoms with Crippen molar-refractivity contribution in [1.29, 1.82) is 0 Å². The molecular formula is C16H32N2O. The summed E-state index contributed by atoms with van der Waals surface area (Å²) in [6.45, 7) is 13.6. The third-order valence-electron chi connectivity index (χ3n) is 4.78. The van der Waals surface area contributed by atoms with Crippen LogP contribution in [0, 0.1) is 11.8 Å². The highest BCUT2D eigenvalue weighted by molar-refractivity contribution is 4.95. The normalized spacial score (nSPS) is 41.4. The minimum absolute atomic E-state index is 0.395. The Morgan fingerprint density at radius 2 is 2.00 bits per heavy atom. The zero-order valence-corrected chi connectivity index (χ0v) is 13.2. The van der Waals surface area contributed by atoms with Crippen molar-refractivity contribution in [3.8, 4) is 0 Å². The lowest BCUT2D eigenvalue weighted by molar-refractivity contribution is -0.0586. The maximum Gasteiger partial charge on any atom is 0.0674 e. The predicted octanol–water partition coefficient (Wildman–Crippen LogP) is 2.51. The van der Waals surface area contributed by atoms with Crippen molar-refractivity contribution < 1.29 is 4.74 Å². The van der Waals surface area contributed by atoms with E-state index in [0.717, 1.165) is 38.1 Å². The Morgan fingerprint density at radius 3 is 2.68 bits per heavy atom. The molecule has 1 aliphatic heterocycles. The van der Waals surface area contributed by atoms with E-state index in [-0.39, 0.29) is 0 Å². The molecule has 0 aromatic heterocycles. The van der Waals surface area contributed by atoms with Gasteiger partial charge in [-0.2, -0.15) is 0 Å². The SMILES string of the molecule is CCCNC1CC(C)CC(C)C1N1CCOC(C)C1. The first kappa shape index (κ1) is 15.3. The lowest BCUT2D eigenvalue weighted by atomic mass is 9.75. The molecule has 0 radical (unpaired) electrons. The molecule has 1 aliphatic carbocycles. The first-order valence-corrected chi connectivity index (χ1v) is 8.20. The van der Waals surface area contributed by atoms with Gasteiger partial charge in [-0.1, -0.05) is 20.8 Å². The number of rotatable bonds is 4. The standard InChI is InChI=1S/C16H32N2O/c1-5-6-17-15-10-12(2)9-13(3)16(15)18-7-8-19-14(4)11-18/h12-17H,5-11H2,1-4H3. The van der Waals surface area contributed by atoms with Gasteiger partial charge in [-0.05, 0) is 44.6 Å². The van der Waals surface area contributed by atoms with Crippen molar-refractivity contribution in [3.63, 3.8) is 0 Å². The fourth-order valence-electron chi connectivity index (χ4n) is 4.10. The maximum absolute atomic E-state index is 5.71. The summed E-state index contributed by atoms with van der Waals surface area (Å²) in [7, 11) is 0. The van der Waals surface area contributed by atoms with Gasteiger partial charge in [-0.15, -0.1) is 0 Å². The van der Waals surface area contributed by atoms with Gasteiger partial charge in [0.05, 0.1) is 12.7 Å². The minimum Gasteiger partial charge on any atom is -0.376 e. The van der Waals surface area contributed by atoms with Gasteiger partial charge in [0, 0.05) is 25.2 Å². The van der Waals surface area contributed by atoms with Crippen molar-refractivity contribution in [2.75, 3.05) is 26.2 Å². The summed E-state index contributed by atoms with van der Waals surface area (Å²) in [5.41, 5.74) is 0. The Kier molecular flexibility index (Phi) is 5.67. The van der Waals surface area contributed by atoms with Crippen LogP contribution in [0.5, 0.6) is 0 Å². The Hall–Kier alpha value is -0.120. The molecule has 0 aromatic rings. The maximum atomic E-state index is 5.71. The van der Waals surface area contributed by atoms with Gasteiger partial charge in [0.1, 0.15) is 0 Å². The van der Waals surface area contributed by atoms with Crippen LogP contribution in [0.1, 0.15) is 47.0 Å². The van der Waals surface area contributed by atoms with E-state index >= 15 is 0 Å². The highest BCUT2D eigenvalue weighted by Crippen LogP contribution is 2.33. The Labute approximate surface area is 119 Å². The van der Waals surface area contributed by atoms with Gasteiger partial charge in [0.25, 0.3) is 0 Å². The molecule has 0 bridgehead atoms. The molecule has 2 fully saturated rings. The first-order chi connectivity index (χ1) is 9.11. The summed E-state index contributed by atoms with van der Waals surface area (Å²) in [6, 6.07) is 1.37. The highest BCUT2D eigenvalue weighted by atomic mass is 16.5. The van der Waals surface area contributed by atoms with Crippen LogP contribution in [0.25, 0.3) is 0 Å². The summed E-state index contributed by atoms with van der Waals surface area (Å²) in [5, 5.41) is 3.81. The van der Waals surface area contributed by atoms with E-state index < -0.39 is 0 Å². The van der Waals surface area contributed by atoms with Crippen LogP contribution in [0.4, 0.5) is 0 Å². The number of ether oxygens (including phenoxy) is 1. The molecule has 112 valence electrons. The van der Waals surface area contributed by atoms with Gasteiger partial charge < -0.3 is 10.1 Å². The Balaban J connectivity index is 2.03. The van der Waals surface area contributed by atoms with Crippen molar-refractivity contribution >= 4 is 0 Å². The van der Waals surface area contributed by atoms with E-state index in [1.54, 1.807) is 0 Å². The summed E-state index contributed by atoms with van der Waals surface area (Å²) < 4.78 is 5.71. The van der Waals surface area contributed by atoms with Crippen molar-refractivity contribution in [2.45, 2.75) is 65.1 Å². The second-order valence-corrected chi connectivity index (χ2v) is 6.78. The van der Waals surface area contributed by atoms with Crippen LogP contribution in [0.15, 0.2) is 0 Å². The zero-order chi connectivity index (χ0) is 13.8. The molecule has 1 saturated carbocycles. The average Bonchev–Trinajstić information content (AvgIpc) is 2.35. The highest BCUT2D eigenvalue weighted by Gasteiger charge is 2.38. The molecule has 3 nitrogen and oxygen atoms in total. The van der Waals surface area contributed by atoms with E-state index in [9.17, 15) is 0 Å². The number of hydrogen-bond acceptors (Lipinski definition) is 3. The molecule has 2 aliphatic rings. The Bertz CT molecular complexity index is 271. The molecule has 5 unspecified atom stereocenters. The first-order valence-electron chi connectivity index (χ1n) is 8.20. The molecular weight excluding hydrogens is 236 g/mol. The van der Waals surface area contributed by atoms with E-state index in [2.05, 4.69) is 37.9 Å². The number of nitrogens with one attached hydrogen (secondary N) is 1. The molecule has 0 aromatic carbocycles. The third kappa shape index (κ3) is 3.93. The summed E-state index contributed by atoms with van der Waals surface area (Å²) in [5.74, 6) is 1.66. The van der Waals surface area contributed by atoms with Gasteiger partial charge in [0.15, 0.2) is 0 Å². The zero-order valence-electron chi connectivity index (χ0n) is 13.2. The van der Waals surface area contributed by atoms with Crippen LogP contribution in [0.3, 0.4) is 0 Å². The molecule has 0 amide bonds. The molecule has 19 heavy (non-hydrogen) atoms. The van der Waals surface area contributed by atoms with E-state index in [1.165, 1.54) is 19.3 Å². The second kappa shape index (κ2) is 7.05. The van der Waals surface area contributed by atoms with Crippen molar-refractivity contribution in [2.24, 2.45) is 11.8 Å². The van der Waals surface area contributed by atoms with E-state index in [4.69, 9.17) is 4.74 Å². The topological polar surface area (TPSA) is 24.5 Å². The third-order valence-corrected chi connectivity index (χ3v) is 4.78. The fourth-order valence-corrected chi connectivity index (χ4v) is 4.10. The van der Waals surface area contributed by atoms with Crippen LogP contribution < -0.4 is 5.32 Å². The number of hydrogen-bond donors (Lipinski definition) is 1. The summed E-state index contributed by atoms with van der Waals surface area (Å²) >= 11 is 0. The van der Waals surface area contributed by atoms with Crippen LogP contribution in [-0.2, 0) is 4.74 Å². The van der Waals surface area contributed by atoms with Gasteiger partial charge in [-0.25, -0.2) is 0 Å². The van der Waals surface area contributed by atoms with Gasteiger partial charge in [0.2, 0.25) is 0 Å². The monoisotopic (exact) mass is 268 g/mol. The van der Waals surface area contributed by atoms with Crippen LogP contribution >= 0.6 is 0 Å². The van der Waals surface area contributed by atoms with Crippen molar-refractivity contribution in [1.82, 2.24) is 10.2 Å². The summed E-state index contributed by atoms with van der Waals surface area (Å²) in [6.07, 6.45) is 4.33. The second-order valence-electron chi connectivity index (χ2n) is 6.78. The average molecular weight is 268 g/mol. The molecule has 3 heteroatoms. The predicted molar refractivity (Wildman–Crippen MR) is 80.4 cm³/mol. The van der Waals surface area contributed by atoms with Gasteiger partial charge in [-0.3, -0.25) is 4.90 Å². The molecule has 2 rings (SSSR count). The molecule has 1 heterocycles. The lowest BCUT2D eigenvalue weighted by Crippen LogP contribution is -2.60. The van der Waals surface area contributed by atoms with Crippen molar-refractivity contribution in [3.05, 3.63) is 0 Å². The molecule has 1 saturated heterocycles. The molecule has 0 spiro atoms. The Morgan fingerprint density at radius 1 is 1.21 bits per heavy atom. The quantitative estimate of drug-likeness (QED) is 0.848. The minimum atomic E-state index is 0.395. The summed E-state index contributed by atoms with van der Waals surface area (Å²) in [4.78, 5) is 2.69. The largest absolute Gasteiger partial charge is 0.376 e. The van der Waals surface area contributed by atoms with E-state index in [1.807, 2.05) is 0 Å². The number of morpholine rings is 1. The smallest absolute Gasteiger partial charge is 0.0674 e. The lowest BCUT2D eigenvalue weighted by Gasteiger charge is -2.48.